The Morgan fingerprint density at radius 3 is 2.72 bits per heavy atom. The molecule has 1 saturated carbocycles. The number of hydrogen-bond acceptors (Lipinski definition) is 3. The number of carbonyl (C=O) groups is 2. The van der Waals surface area contributed by atoms with Crippen LogP contribution in [0.5, 0.6) is 5.75 Å². The molecular weight excluding hydrogens is 337 g/mol. The van der Waals surface area contributed by atoms with Crippen LogP contribution >= 0.6 is 0 Å². The fourth-order valence-electron chi connectivity index (χ4n) is 3.58. The summed E-state index contributed by atoms with van der Waals surface area (Å²) in [5.41, 5.74) is 0.512. The quantitative estimate of drug-likeness (QED) is 0.885. The number of halogens is 3. The van der Waals surface area contributed by atoms with Crippen LogP contribution in [-0.2, 0) is 4.79 Å². The first kappa shape index (κ1) is 17.6. The van der Waals surface area contributed by atoms with E-state index in [0.29, 0.717) is 24.9 Å². The van der Waals surface area contributed by atoms with Crippen molar-refractivity contribution in [3.05, 3.63) is 23.8 Å². The summed E-state index contributed by atoms with van der Waals surface area (Å²) in [6.07, 6.45) is -2.81. The third-order valence-corrected chi connectivity index (χ3v) is 4.83. The van der Waals surface area contributed by atoms with Crippen molar-refractivity contribution in [3.63, 3.8) is 0 Å². The van der Waals surface area contributed by atoms with Crippen LogP contribution in [0.15, 0.2) is 18.2 Å². The van der Waals surface area contributed by atoms with E-state index in [1.165, 1.54) is 18.0 Å². The van der Waals surface area contributed by atoms with Crippen molar-refractivity contribution < 1.29 is 27.5 Å². The molecule has 2 amide bonds. The van der Waals surface area contributed by atoms with Crippen LogP contribution in [0.1, 0.15) is 36.0 Å². The number of hydrogen-bond donors (Lipinski definition) is 1. The number of fused-ring (bicyclic) bond motifs is 1. The van der Waals surface area contributed by atoms with Crippen LogP contribution in [0.2, 0.25) is 0 Å². The van der Waals surface area contributed by atoms with Crippen LogP contribution in [0.4, 0.5) is 18.9 Å². The van der Waals surface area contributed by atoms with Gasteiger partial charge in [-0.15, -0.1) is 0 Å². The molecule has 0 radical (unpaired) electrons. The van der Waals surface area contributed by atoms with E-state index < -0.39 is 24.0 Å². The summed E-state index contributed by atoms with van der Waals surface area (Å²) in [6.45, 7) is -0.227. The molecule has 2 atom stereocenters. The van der Waals surface area contributed by atoms with Gasteiger partial charge < -0.3 is 15.0 Å². The molecule has 2 aliphatic rings. The third kappa shape index (κ3) is 3.43. The Morgan fingerprint density at radius 1 is 1.28 bits per heavy atom. The van der Waals surface area contributed by atoms with E-state index in [1.807, 2.05) is 0 Å². The topological polar surface area (TPSA) is 58.6 Å². The van der Waals surface area contributed by atoms with Gasteiger partial charge in [-0.3, -0.25) is 9.59 Å². The Balaban J connectivity index is 1.88. The molecule has 0 saturated heterocycles. The van der Waals surface area contributed by atoms with Crippen molar-refractivity contribution in [2.75, 3.05) is 19.0 Å². The fraction of sp³-hybridized carbons (Fsp3) is 0.529. The van der Waals surface area contributed by atoms with Crippen molar-refractivity contribution in [1.82, 2.24) is 4.90 Å². The van der Waals surface area contributed by atoms with Gasteiger partial charge in [0.05, 0.1) is 17.2 Å². The molecule has 0 aromatic heterocycles. The van der Waals surface area contributed by atoms with Gasteiger partial charge in [0, 0.05) is 13.1 Å². The summed E-state index contributed by atoms with van der Waals surface area (Å²) in [5, 5.41) is 2.59. The standard InChI is InChI=1S/C17H19F3N2O3/c1-22(13-8-3-2-6-11(13)17(18,19)20)16(24)10-5-4-7-12-15(10)25-9-14(23)21-12/h4-5,7,11,13H,2-3,6,8-9H2,1H3,(H,21,23)/t11-,13+/m1/s1. The summed E-state index contributed by atoms with van der Waals surface area (Å²) in [4.78, 5) is 25.4. The lowest BCUT2D eigenvalue weighted by Gasteiger charge is -2.39. The predicted octanol–water partition coefficient (Wildman–Crippen LogP) is 3.21. The van der Waals surface area contributed by atoms with Crippen molar-refractivity contribution in [3.8, 4) is 5.75 Å². The molecule has 0 bridgehead atoms. The van der Waals surface area contributed by atoms with Gasteiger partial charge in [-0.05, 0) is 25.0 Å². The first-order chi connectivity index (χ1) is 11.8. The number of carbonyl (C=O) groups excluding carboxylic acids is 2. The normalized spacial score (nSPS) is 23.3. The maximum Gasteiger partial charge on any atom is 0.393 e. The summed E-state index contributed by atoms with van der Waals surface area (Å²) in [7, 11) is 1.40. The molecule has 1 heterocycles. The SMILES string of the molecule is CN(C(=O)c1cccc2c1OCC(=O)N2)[C@H]1CCCC[C@H]1C(F)(F)F. The first-order valence-electron chi connectivity index (χ1n) is 8.18. The lowest BCUT2D eigenvalue weighted by molar-refractivity contribution is -0.195. The smallest absolute Gasteiger partial charge is 0.393 e. The zero-order chi connectivity index (χ0) is 18.2. The molecule has 8 heteroatoms. The fourth-order valence-corrected chi connectivity index (χ4v) is 3.58. The molecular formula is C17H19F3N2O3. The summed E-state index contributed by atoms with van der Waals surface area (Å²) in [5.74, 6) is -2.18. The van der Waals surface area contributed by atoms with Gasteiger partial charge in [-0.2, -0.15) is 13.2 Å². The van der Waals surface area contributed by atoms with Crippen LogP contribution in [0.25, 0.3) is 0 Å². The maximum absolute atomic E-state index is 13.3. The summed E-state index contributed by atoms with van der Waals surface area (Å²) >= 11 is 0. The Bertz CT molecular complexity index is 690. The second-order valence-corrected chi connectivity index (χ2v) is 6.44. The molecule has 1 N–H and O–H groups in total. The number of alkyl halides is 3. The van der Waals surface area contributed by atoms with Crippen molar-refractivity contribution in [2.45, 2.75) is 37.9 Å². The summed E-state index contributed by atoms with van der Waals surface area (Å²) in [6, 6.07) is 3.76. The number of para-hydroxylation sites is 1. The first-order valence-corrected chi connectivity index (χ1v) is 8.18. The van der Waals surface area contributed by atoms with Crippen molar-refractivity contribution in [1.29, 1.82) is 0 Å². The van der Waals surface area contributed by atoms with Crippen molar-refractivity contribution >= 4 is 17.5 Å². The molecule has 0 unspecified atom stereocenters. The predicted molar refractivity (Wildman–Crippen MR) is 84.5 cm³/mol. The van der Waals surface area contributed by atoms with Crippen LogP contribution in [-0.4, -0.2) is 42.6 Å². The lowest BCUT2D eigenvalue weighted by atomic mass is 9.83. The minimum absolute atomic E-state index is 0.0330. The van der Waals surface area contributed by atoms with E-state index in [-0.39, 0.29) is 30.2 Å². The van der Waals surface area contributed by atoms with Gasteiger partial charge >= 0.3 is 6.18 Å². The molecule has 1 aromatic rings. The van der Waals surface area contributed by atoms with Crippen molar-refractivity contribution in [2.24, 2.45) is 5.92 Å². The van der Waals surface area contributed by atoms with Gasteiger partial charge in [0.2, 0.25) is 0 Å². The minimum atomic E-state index is -4.33. The van der Waals surface area contributed by atoms with E-state index in [0.717, 1.165) is 0 Å². The summed E-state index contributed by atoms with van der Waals surface area (Å²) < 4.78 is 45.3. The number of rotatable bonds is 2. The molecule has 1 aliphatic carbocycles. The van der Waals surface area contributed by atoms with Gasteiger partial charge in [0.25, 0.3) is 11.8 Å². The Morgan fingerprint density at radius 2 is 2.00 bits per heavy atom. The Hall–Kier alpha value is -2.25. The molecule has 1 aliphatic heterocycles. The number of nitrogens with one attached hydrogen (secondary N) is 1. The van der Waals surface area contributed by atoms with Gasteiger partial charge in [-0.25, -0.2) is 0 Å². The third-order valence-electron chi connectivity index (χ3n) is 4.83. The Labute approximate surface area is 143 Å². The van der Waals surface area contributed by atoms with E-state index in [9.17, 15) is 22.8 Å². The minimum Gasteiger partial charge on any atom is -0.481 e. The highest BCUT2D eigenvalue weighted by atomic mass is 19.4. The highest BCUT2D eigenvalue weighted by Gasteiger charge is 2.48. The van der Waals surface area contributed by atoms with E-state index >= 15 is 0 Å². The molecule has 5 nitrogen and oxygen atoms in total. The van der Waals surface area contributed by atoms with E-state index in [4.69, 9.17) is 4.74 Å². The molecule has 25 heavy (non-hydrogen) atoms. The average Bonchev–Trinajstić information content (AvgIpc) is 2.59. The van der Waals surface area contributed by atoms with Crippen LogP contribution in [0, 0.1) is 5.92 Å². The highest BCUT2D eigenvalue weighted by Crippen LogP contribution is 2.41. The molecule has 0 spiro atoms. The number of ether oxygens (including phenoxy) is 1. The largest absolute Gasteiger partial charge is 0.481 e. The zero-order valence-corrected chi connectivity index (χ0v) is 13.7. The number of amides is 2. The lowest BCUT2D eigenvalue weighted by Crippen LogP contribution is -2.48. The van der Waals surface area contributed by atoms with Crippen LogP contribution < -0.4 is 10.1 Å². The zero-order valence-electron chi connectivity index (χ0n) is 13.7. The number of nitrogens with zero attached hydrogens (tertiary/aromatic N) is 1. The van der Waals surface area contributed by atoms with Gasteiger partial charge in [0.15, 0.2) is 12.4 Å². The number of anilines is 1. The Kier molecular flexibility index (Phi) is 4.62. The monoisotopic (exact) mass is 356 g/mol. The van der Waals surface area contributed by atoms with E-state index in [1.54, 1.807) is 12.1 Å². The highest BCUT2D eigenvalue weighted by molar-refractivity contribution is 6.03. The van der Waals surface area contributed by atoms with Gasteiger partial charge in [0.1, 0.15) is 0 Å². The van der Waals surface area contributed by atoms with Crippen LogP contribution in [0.3, 0.4) is 0 Å². The number of benzene rings is 1. The molecule has 1 fully saturated rings. The maximum atomic E-state index is 13.3. The molecule has 1 aromatic carbocycles. The average molecular weight is 356 g/mol. The second kappa shape index (κ2) is 6.57. The molecule has 3 rings (SSSR count). The molecule has 136 valence electrons. The van der Waals surface area contributed by atoms with E-state index in [2.05, 4.69) is 5.32 Å². The second-order valence-electron chi connectivity index (χ2n) is 6.44. The van der Waals surface area contributed by atoms with Gasteiger partial charge in [-0.1, -0.05) is 18.9 Å².